The summed E-state index contributed by atoms with van der Waals surface area (Å²) in [6.07, 6.45) is 0. The molecule has 0 saturated carbocycles. The Morgan fingerprint density at radius 1 is 1.07 bits per heavy atom. The third-order valence-electron chi connectivity index (χ3n) is 5.23. The molecule has 1 fully saturated rings. The first-order valence-electron chi connectivity index (χ1n) is 9.64. The van der Waals surface area contributed by atoms with E-state index in [-0.39, 0.29) is 17.3 Å². The third kappa shape index (κ3) is 5.01. The molecule has 0 aliphatic carbocycles. The van der Waals surface area contributed by atoms with Crippen LogP contribution in [0.15, 0.2) is 41.3 Å². The number of sulfonamides is 1. The Hall–Kier alpha value is -2.29. The summed E-state index contributed by atoms with van der Waals surface area (Å²) in [4.78, 5) is 13.6. The summed E-state index contributed by atoms with van der Waals surface area (Å²) in [5, 5.41) is 3.00. The molecule has 0 atom stereocenters. The lowest BCUT2D eigenvalue weighted by molar-refractivity contribution is -0.895. The van der Waals surface area contributed by atoms with Gasteiger partial charge in [0.25, 0.3) is 5.91 Å². The summed E-state index contributed by atoms with van der Waals surface area (Å²) < 4.78 is 39.8. The number of quaternary nitrogens is 1. The van der Waals surface area contributed by atoms with Crippen LogP contribution in [0.25, 0.3) is 0 Å². The van der Waals surface area contributed by atoms with Crippen LogP contribution in [0, 0.1) is 26.6 Å². The highest BCUT2D eigenvalue weighted by Gasteiger charge is 2.31. The zero-order valence-electron chi connectivity index (χ0n) is 17.0. The Labute approximate surface area is 171 Å². The van der Waals surface area contributed by atoms with E-state index >= 15 is 0 Å². The summed E-state index contributed by atoms with van der Waals surface area (Å²) in [5.41, 5.74) is 4.06. The molecule has 1 amide bonds. The summed E-state index contributed by atoms with van der Waals surface area (Å²) in [5.74, 6) is -0.548. The second kappa shape index (κ2) is 8.61. The lowest BCUT2D eigenvalue weighted by Gasteiger charge is -2.31. The molecule has 6 nitrogen and oxygen atoms in total. The highest BCUT2D eigenvalue weighted by molar-refractivity contribution is 7.89. The smallest absolute Gasteiger partial charge is 0.279 e. The summed E-state index contributed by atoms with van der Waals surface area (Å²) >= 11 is 0. The highest BCUT2D eigenvalue weighted by atomic mass is 32.2. The van der Waals surface area contributed by atoms with Crippen molar-refractivity contribution in [1.82, 2.24) is 4.31 Å². The van der Waals surface area contributed by atoms with Crippen molar-refractivity contribution in [2.45, 2.75) is 25.7 Å². The van der Waals surface area contributed by atoms with Gasteiger partial charge in [-0.3, -0.25) is 4.79 Å². The molecule has 0 spiro atoms. The van der Waals surface area contributed by atoms with Crippen LogP contribution in [0.2, 0.25) is 0 Å². The van der Waals surface area contributed by atoms with Crippen molar-refractivity contribution in [2.24, 2.45) is 0 Å². The van der Waals surface area contributed by atoms with Gasteiger partial charge in [0, 0.05) is 5.69 Å². The zero-order valence-corrected chi connectivity index (χ0v) is 17.8. The van der Waals surface area contributed by atoms with E-state index in [4.69, 9.17) is 0 Å². The molecule has 2 aromatic carbocycles. The number of nitrogens with one attached hydrogen (secondary N) is 2. The molecule has 0 aromatic heterocycles. The topological polar surface area (TPSA) is 70.9 Å². The SMILES string of the molecule is Cc1cc(C)c(NC(=O)C[NH+]2CCN(S(=O)(=O)c3ccc(F)cc3)CC2)c(C)c1. The molecule has 2 N–H and O–H groups in total. The number of halogens is 1. The van der Waals surface area contributed by atoms with Crippen molar-refractivity contribution in [3.63, 3.8) is 0 Å². The number of aryl methyl sites for hydroxylation is 3. The molecule has 1 saturated heterocycles. The third-order valence-corrected chi connectivity index (χ3v) is 7.15. The normalized spacial score (nSPS) is 16.0. The lowest BCUT2D eigenvalue weighted by Crippen LogP contribution is -3.15. The van der Waals surface area contributed by atoms with Crippen molar-refractivity contribution in [1.29, 1.82) is 0 Å². The van der Waals surface area contributed by atoms with Crippen LogP contribution in [0.1, 0.15) is 16.7 Å². The van der Waals surface area contributed by atoms with Gasteiger partial charge in [0.05, 0.1) is 31.1 Å². The minimum atomic E-state index is -3.64. The number of hydrogen-bond acceptors (Lipinski definition) is 3. The van der Waals surface area contributed by atoms with Gasteiger partial charge in [-0.15, -0.1) is 0 Å². The fourth-order valence-electron chi connectivity index (χ4n) is 3.76. The molecular weight excluding hydrogens is 393 g/mol. The number of carbonyl (C=O) groups excluding carboxylic acids is 1. The van der Waals surface area contributed by atoms with Gasteiger partial charge in [-0.05, 0) is 56.2 Å². The minimum absolute atomic E-state index is 0.0788. The number of hydrogen-bond donors (Lipinski definition) is 2. The second-order valence-electron chi connectivity index (χ2n) is 7.61. The number of carbonyl (C=O) groups is 1. The van der Waals surface area contributed by atoms with Crippen molar-refractivity contribution < 1.29 is 22.5 Å². The summed E-state index contributed by atoms with van der Waals surface area (Å²) in [7, 11) is -3.64. The van der Waals surface area contributed by atoms with Crippen LogP contribution in [0.3, 0.4) is 0 Å². The molecule has 2 aromatic rings. The Morgan fingerprint density at radius 2 is 1.62 bits per heavy atom. The number of rotatable bonds is 5. The average molecular weight is 421 g/mol. The quantitative estimate of drug-likeness (QED) is 0.766. The van der Waals surface area contributed by atoms with Gasteiger partial charge in [-0.1, -0.05) is 17.7 Å². The number of anilines is 1. The summed E-state index contributed by atoms with van der Waals surface area (Å²) in [6.45, 7) is 7.99. The molecule has 1 aliphatic heterocycles. The fraction of sp³-hybridized carbons (Fsp3) is 0.381. The van der Waals surface area contributed by atoms with E-state index in [2.05, 4.69) is 5.32 Å². The Bertz CT molecular complexity index is 975. The van der Waals surface area contributed by atoms with Gasteiger partial charge < -0.3 is 10.2 Å². The van der Waals surface area contributed by atoms with Crippen molar-refractivity contribution in [3.8, 4) is 0 Å². The zero-order chi connectivity index (χ0) is 21.2. The number of benzene rings is 2. The summed E-state index contributed by atoms with van der Waals surface area (Å²) in [6, 6.07) is 8.93. The van der Waals surface area contributed by atoms with Gasteiger partial charge in [0.2, 0.25) is 10.0 Å². The molecule has 1 heterocycles. The number of nitrogens with zero attached hydrogens (tertiary/aromatic N) is 1. The Balaban J connectivity index is 1.57. The molecule has 156 valence electrons. The van der Waals surface area contributed by atoms with Gasteiger partial charge in [0.1, 0.15) is 5.82 Å². The van der Waals surface area contributed by atoms with Crippen LogP contribution < -0.4 is 10.2 Å². The predicted molar refractivity (Wildman–Crippen MR) is 110 cm³/mol. The van der Waals surface area contributed by atoms with Gasteiger partial charge in [0.15, 0.2) is 6.54 Å². The van der Waals surface area contributed by atoms with Crippen LogP contribution >= 0.6 is 0 Å². The monoisotopic (exact) mass is 420 g/mol. The second-order valence-corrected chi connectivity index (χ2v) is 9.54. The molecule has 0 bridgehead atoms. The maximum atomic E-state index is 13.1. The van der Waals surface area contributed by atoms with E-state index in [1.54, 1.807) is 0 Å². The number of amides is 1. The molecular formula is C21H27FN3O3S+. The standard InChI is InChI=1S/C21H26FN3O3S/c1-15-12-16(2)21(17(3)13-15)23-20(26)14-24-8-10-25(11-9-24)29(27,28)19-6-4-18(22)5-7-19/h4-7,12-13H,8-11,14H2,1-3H3,(H,23,26)/p+1. The Morgan fingerprint density at radius 3 is 2.17 bits per heavy atom. The van der Waals surface area contributed by atoms with Gasteiger partial charge in [-0.2, -0.15) is 4.31 Å². The first kappa shape index (κ1) is 21.4. The van der Waals surface area contributed by atoms with E-state index in [9.17, 15) is 17.6 Å². The first-order valence-corrected chi connectivity index (χ1v) is 11.1. The van der Waals surface area contributed by atoms with Gasteiger partial charge >= 0.3 is 0 Å². The number of piperazine rings is 1. The van der Waals surface area contributed by atoms with E-state index in [0.717, 1.165) is 39.4 Å². The van der Waals surface area contributed by atoms with Crippen molar-refractivity contribution in [3.05, 3.63) is 58.9 Å². The molecule has 1 aliphatic rings. The molecule has 0 unspecified atom stereocenters. The van der Waals surface area contributed by atoms with Crippen LogP contribution in [-0.2, 0) is 14.8 Å². The Kier molecular flexibility index (Phi) is 6.36. The highest BCUT2D eigenvalue weighted by Crippen LogP contribution is 2.21. The van der Waals surface area contributed by atoms with Crippen molar-refractivity contribution in [2.75, 3.05) is 38.0 Å². The maximum absolute atomic E-state index is 13.1. The molecule has 8 heteroatoms. The van der Waals surface area contributed by atoms with Crippen molar-refractivity contribution >= 4 is 21.6 Å². The minimum Gasteiger partial charge on any atom is -0.325 e. The van der Waals surface area contributed by atoms with Crippen LogP contribution in [0.4, 0.5) is 10.1 Å². The average Bonchev–Trinajstić information content (AvgIpc) is 2.65. The fourth-order valence-corrected chi connectivity index (χ4v) is 5.20. The van der Waals surface area contributed by atoms with Gasteiger partial charge in [-0.25, -0.2) is 12.8 Å². The largest absolute Gasteiger partial charge is 0.325 e. The van der Waals surface area contributed by atoms with E-state index < -0.39 is 15.8 Å². The molecule has 0 radical (unpaired) electrons. The van der Waals surface area contributed by atoms with E-state index in [1.165, 1.54) is 16.4 Å². The van der Waals surface area contributed by atoms with E-state index in [1.807, 2.05) is 32.9 Å². The molecule has 29 heavy (non-hydrogen) atoms. The predicted octanol–water partition coefficient (Wildman–Crippen LogP) is 1.28. The maximum Gasteiger partial charge on any atom is 0.279 e. The van der Waals surface area contributed by atoms with E-state index in [0.29, 0.717) is 26.2 Å². The first-order chi connectivity index (χ1) is 13.7. The van der Waals surface area contributed by atoms with Crippen LogP contribution in [0.5, 0.6) is 0 Å². The lowest BCUT2D eigenvalue weighted by atomic mass is 10.1. The van der Waals surface area contributed by atoms with Crippen LogP contribution in [-0.4, -0.2) is 51.4 Å². The molecule has 3 rings (SSSR count).